The molecule has 116 valence electrons. The van der Waals surface area contributed by atoms with E-state index in [1.165, 1.54) is 12.1 Å². The maximum absolute atomic E-state index is 12.6. The number of alkyl halides is 3. The van der Waals surface area contributed by atoms with Crippen LogP contribution in [0.3, 0.4) is 0 Å². The number of aliphatic hydroxyl groups is 1. The smallest absolute Gasteiger partial charge is 0.392 e. The Morgan fingerprint density at radius 2 is 1.73 bits per heavy atom. The van der Waals surface area contributed by atoms with Crippen molar-refractivity contribution in [2.45, 2.75) is 19.3 Å². The highest BCUT2D eigenvalue weighted by atomic mass is 19.4. The number of carbonyl (C=O) groups excluding carboxylic acids is 1. The second-order valence-corrected chi connectivity index (χ2v) is 4.69. The monoisotopic (exact) mass is 309 g/mol. The topological polar surface area (TPSA) is 49.3 Å². The fourth-order valence-corrected chi connectivity index (χ4v) is 2.00. The van der Waals surface area contributed by atoms with Crippen LogP contribution in [0.1, 0.15) is 27.0 Å². The molecule has 0 aliphatic carbocycles. The molecule has 2 aromatic rings. The summed E-state index contributed by atoms with van der Waals surface area (Å²) in [7, 11) is 0. The molecule has 0 fully saturated rings. The van der Waals surface area contributed by atoms with Crippen LogP contribution in [0.4, 0.5) is 13.2 Å². The Labute approximate surface area is 125 Å². The molecule has 0 radical (unpaired) electrons. The highest BCUT2D eigenvalue weighted by Gasteiger charge is 2.30. The zero-order valence-corrected chi connectivity index (χ0v) is 11.5. The molecule has 0 bridgehead atoms. The summed E-state index contributed by atoms with van der Waals surface area (Å²) in [5.41, 5.74) is 0.449. The van der Waals surface area contributed by atoms with E-state index >= 15 is 0 Å². The van der Waals surface area contributed by atoms with Gasteiger partial charge in [-0.25, -0.2) is 0 Å². The Morgan fingerprint density at radius 3 is 2.36 bits per heavy atom. The molecule has 0 heterocycles. The van der Waals surface area contributed by atoms with Crippen LogP contribution >= 0.6 is 0 Å². The zero-order chi connectivity index (χ0) is 16.2. The molecule has 0 aliphatic heterocycles. The number of hydrogen-bond donors (Lipinski definition) is 2. The van der Waals surface area contributed by atoms with Gasteiger partial charge in [-0.05, 0) is 29.3 Å². The maximum Gasteiger partial charge on any atom is 0.416 e. The molecule has 1 amide bonds. The van der Waals surface area contributed by atoms with Crippen molar-refractivity contribution >= 4 is 5.91 Å². The number of amides is 1. The number of rotatable bonds is 4. The van der Waals surface area contributed by atoms with E-state index in [1.807, 2.05) is 0 Å². The molecule has 0 saturated carbocycles. The molecular formula is C16H14F3NO2. The summed E-state index contributed by atoms with van der Waals surface area (Å²) < 4.78 is 37.9. The molecular weight excluding hydrogens is 295 g/mol. The van der Waals surface area contributed by atoms with Crippen molar-refractivity contribution in [1.82, 2.24) is 5.32 Å². The summed E-state index contributed by atoms with van der Waals surface area (Å²) >= 11 is 0. The van der Waals surface area contributed by atoms with Gasteiger partial charge in [0.25, 0.3) is 5.91 Å². The van der Waals surface area contributed by atoms with Crippen LogP contribution in [0.2, 0.25) is 0 Å². The third kappa shape index (κ3) is 3.85. The summed E-state index contributed by atoms with van der Waals surface area (Å²) in [6.45, 7) is -0.0403. The van der Waals surface area contributed by atoms with Gasteiger partial charge >= 0.3 is 6.18 Å². The van der Waals surface area contributed by atoms with E-state index in [2.05, 4.69) is 5.32 Å². The van der Waals surface area contributed by atoms with Gasteiger partial charge in [0.1, 0.15) is 0 Å². The van der Waals surface area contributed by atoms with Crippen molar-refractivity contribution in [2.75, 3.05) is 0 Å². The lowest BCUT2D eigenvalue weighted by molar-refractivity contribution is -0.137. The SMILES string of the molecule is O=C(NCc1ccccc1CO)c1cccc(C(F)(F)F)c1. The van der Waals surface area contributed by atoms with Crippen LogP contribution in [0, 0.1) is 0 Å². The Balaban J connectivity index is 2.10. The molecule has 2 rings (SSSR count). The van der Waals surface area contributed by atoms with Crippen LogP contribution < -0.4 is 5.32 Å². The lowest BCUT2D eigenvalue weighted by Crippen LogP contribution is -2.23. The first-order valence-corrected chi connectivity index (χ1v) is 6.55. The zero-order valence-electron chi connectivity index (χ0n) is 11.5. The molecule has 2 aromatic carbocycles. The number of carbonyl (C=O) groups is 1. The Bertz CT molecular complexity index is 668. The summed E-state index contributed by atoms with van der Waals surface area (Å²) in [6.07, 6.45) is -4.49. The lowest BCUT2D eigenvalue weighted by Gasteiger charge is -2.11. The Morgan fingerprint density at radius 1 is 1.05 bits per heavy atom. The highest BCUT2D eigenvalue weighted by molar-refractivity contribution is 5.94. The molecule has 0 unspecified atom stereocenters. The Kier molecular flexibility index (Phi) is 4.82. The lowest BCUT2D eigenvalue weighted by atomic mass is 10.1. The van der Waals surface area contributed by atoms with Crippen molar-refractivity contribution in [3.05, 3.63) is 70.8 Å². The summed E-state index contributed by atoms with van der Waals surface area (Å²) in [4.78, 5) is 12.0. The number of benzene rings is 2. The van der Waals surface area contributed by atoms with Crippen LogP contribution in [0.25, 0.3) is 0 Å². The van der Waals surface area contributed by atoms with Gasteiger partial charge in [-0.15, -0.1) is 0 Å². The minimum Gasteiger partial charge on any atom is -0.392 e. The molecule has 0 aliphatic rings. The van der Waals surface area contributed by atoms with Crippen molar-refractivity contribution in [2.24, 2.45) is 0 Å². The minimum atomic E-state index is -4.49. The third-order valence-corrected chi connectivity index (χ3v) is 3.18. The van der Waals surface area contributed by atoms with Gasteiger partial charge in [-0.1, -0.05) is 30.3 Å². The summed E-state index contributed by atoms with van der Waals surface area (Å²) in [5, 5.41) is 11.7. The molecule has 2 N–H and O–H groups in total. The fraction of sp³-hybridized carbons (Fsp3) is 0.188. The molecule has 0 aromatic heterocycles. The number of hydrogen-bond acceptors (Lipinski definition) is 2. The van der Waals surface area contributed by atoms with Crippen LogP contribution in [-0.2, 0) is 19.3 Å². The van der Waals surface area contributed by atoms with Crippen molar-refractivity contribution < 1.29 is 23.1 Å². The van der Waals surface area contributed by atoms with E-state index in [0.29, 0.717) is 11.1 Å². The number of aliphatic hydroxyl groups excluding tert-OH is 1. The van der Waals surface area contributed by atoms with E-state index in [9.17, 15) is 23.1 Å². The fourth-order valence-electron chi connectivity index (χ4n) is 2.00. The summed E-state index contributed by atoms with van der Waals surface area (Å²) in [6, 6.07) is 11.2. The first-order chi connectivity index (χ1) is 10.4. The van der Waals surface area contributed by atoms with Gasteiger partial charge in [0.15, 0.2) is 0 Å². The molecule has 6 heteroatoms. The summed E-state index contributed by atoms with van der Waals surface area (Å²) in [5.74, 6) is -0.598. The van der Waals surface area contributed by atoms with Gasteiger partial charge in [0.05, 0.1) is 12.2 Å². The van der Waals surface area contributed by atoms with Crippen LogP contribution in [-0.4, -0.2) is 11.0 Å². The second kappa shape index (κ2) is 6.62. The maximum atomic E-state index is 12.6. The first-order valence-electron chi connectivity index (χ1n) is 6.55. The standard InChI is InChI=1S/C16H14F3NO2/c17-16(18,19)14-7-3-6-11(8-14)15(22)20-9-12-4-1-2-5-13(12)10-21/h1-8,21H,9-10H2,(H,20,22). The molecule has 0 spiro atoms. The Hall–Kier alpha value is -2.34. The van der Waals surface area contributed by atoms with Crippen molar-refractivity contribution in [3.63, 3.8) is 0 Å². The molecule has 22 heavy (non-hydrogen) atoms. The van der Waals surface area contributed by atoms with E-state index in [-0.39, 0.29) is 18.7 Å². The largest absolute Gasteiger partial charge is 0.416 e. The van der Waals surface area contributed by atoms with Gasteiger partial charge in [0.2, 0.25) is 0 Å². The van der Waals surface area contributed by atoms with E-state index < -0.39 is 17.6 Å². The second-order valence-electron chi connectivity index (χ2n) is 4.69. The predicted molar refractivity (Wildman–Crippen MR) is 75.0 cm³/mol. The highest BCUT2D eigenvalue weighted by Crippen LogP contribution is 2.29. The third-order valence-electron chi connectivity index (χ3n) is 3.18. The van der Waals surface area contributed by atoms with E-state index in [4.69, 9.17) is 0 Å². The average Bonchev–Trinajstić information content (AvgIpc) is 2.52. The number of halogens is 3. The van der Waals surface area contributed by atoms with Gasteiger partial charge < -0.3 is 10.4 Å². The molecule has 0 saturated heterocycles. The number of nitrogens with one attached hydrogen (secondary N) is 1. The first kappa shape index (κ1) is 16.0. The average molecular weight is 309 g/mol. The van der Waals surface area contributed by atoms with E-state index in [1.54, 1.807) is 24.3 Å². The normalized spacial score (nSPS) is 11.3. The van der Waals surface area contributed by atoms with E-state index in [0.717, 1.165) is 12.1 Å². The minimum absolute atomic E-state index is 0.0590. The van der Waals surface area contributed by atoms with Gasteiger partial charge in [-0.3, -0.25) is 4.79 Å². The van der Waals surface area contributed by atoms with Crippen LogP contribution in [0.5, 0.6) is 0 Å². The van der Waals surface area contributed by atoms with Crippen molar-refractivity contribution in [3.8, 4) is 0 Å². The quantitative estimate of drug-likeness (QED) is 0.911. The van der Waals surface area contributed by atoms with Gasteiger partial charge in [-0.2, -0.15) is 13.2 Å². The predicted octanol–water partition coefficient (Wildman–Crippen LogP) is 3.13. The van der Waals surface area contributed by atoms with Crippen LogP contribution in [0.15, 0.2) is 48.5 Å². The molecule has 3 nitrogen and oxygen atoms in total. The van der Waals surface area contributed by atoms with Crippen molar-refractivity contribution in [1.29, 1.82) is 0 Å². The molecule has 0 atom stereocenters. The van der Waals surface area contributed by atoms with Gasteiger partial charge in [0, 0.05) is 12.1 Å².